The van der Waals surface area contributed by atoms with Crippen LogP contribution in [0.25, 0.3) is 0 Å². The molecule has 5 nitrogen and oxygen atoms in total. The summed E-state index contributed by atoms with van der Waals surface area (Å²) in [6, 6.07) is 22.7. The van der Waals surface area contributed by atoms with E-state index in [1.165, 1.54) is 12.1 Å². The molecule has 6 heteroatoms. The Kier molecular flexibility index (Phi) is 5.35. The number of amides is 2. The van der Waals surface area contributed by atoms with Gasteiger partial charge in [-0.3, -0.25) is 14.5 Å². The first-order valence-corrected chi connectivity index (χ1v) is 10.9. The third-order valence-corrected chi connectivity index (χ3v) is 6.28. The van der Waals surface area contributed by atoms with Crippen molar-refractivity contribution >= 4 is 23.2 Å². The Hall–Kier alpha value is -3.67. The number of anilines is 2. The maximum absolute atomic E-state index is 13.6. The summed E-state index contributed by atoms with van der Waals surface area (Å²) >= 11 is 0. The number of piperazine rings is 1. The van der Waals surface area contributed by atoms with E-state index in [9.17, 15) is 14.0 Å². The van der Waals surface area contributed by atoms with Crippen LogP contribution in [0.3, 0.4) is 0 Å². The lowest BCUT2D eigenvalue weighted by Gasteiger charge is -2.38. The SMILES string of the molecule is O=C(C1Cc2ccccc2N1C(=O)c1ccccc1)N1CCN(c2ccc(F)cc2)CC1. The average molecular weight is 429 g/mol. The second-order valence-electron chi connectivity index (χ2n) is 8.18. The van der Waals surface area contributed by atoms with Crippen LogP contribution in [0.15, 0.2) is 78.9 Å². The molecule has 5 rings (SSSR count). The van der Waals surface area contributed by atoms with E-state index >= 15 is 0 Å². The van der Waals surface area contributed by atoms with E-state index in [-0.39, 0.29) is 17.6 Å². The number of nitrogens with zero attached hydrogens (tertiary/aromatic N) is 3. The summed E-state index contributed by atoms with van der Waals surface area (Å²) in [5, 5.41) is 0. The molecule has 0 radical (unpaired) electrons. The van der Waals surface area contributed by atoms with E-state index in [1.807, 2.05) is 47.4 Å². The molecule has 0 aromatic heterocycles. The highest BCUT2D eigenvalue weighted by Crippen LogP contribution is 2.34. The van der Waals surface area contributed by atoms with Crippen molar-refractivity contribution in [1.29, 1.82) is 0 Å². The van der Waals surface area contributed by atoms with E-state index in [2.05, 4.69) is 4.90 Å². The molecule has 3 aromatic carbocycles. The lowest BCUT2D eigenvalue weighted by Crippen LogP contribution is -2.55. The van der Waals surface area contributed by atoms with Crippen LogP contribution in [-0.4, -0.2) is 48.9 Å². The highest BCUT2D eigenvalue weighted by Gasteiger charge is 2.41. The minimum Gasteiger partial charge on any atom is -0.368 e. The van der Waals surface area contributed by atoms with Crippen LogP contribution in [0.2, 0.25) is 0 Å². The molecule has 0 N–H and O–H groups in total. The Balaban J connectivity index is 1.34. The van der Waals surface area contributed by atoms with Crippen molar-refractivity contribution < 1.29 is 14.0 Å². The summed E-state index contributed by atoms with van der Waals surface area (Å²) in [7, 11) is 0. The largest absolute Gasteiger partial charge is 0.368 e. The zero-order valence-corrected chi connectivity index (χ0v) is 17.7. The van der Waals surface area contributed by atoms with Gasteiger partial charge in [-0.1, -0.05) is 36.4 Å². The first-order chi connectivity index (χ1) is 15.6. The van der Waals surface area contributed by atoms with Gasteiger partial charge in [0.05, 0.1) is 0 Å². The lowest BCUT2D eigenvalue weighted by molar-refractivity contribution is -0.132. The average Bonchev–Trinajstić information content (AvgIpc) is 3.24. The number of para-hydroxylation sites is 1. The van der Waals surface area contributed by atoms with Gasteiger partial charge < -0.3 is 9.80 Å². The fourth-order valence-electron chi connectivity index (χ4n) is 4.60. The van der Waals surface area contributed by atoms with Crippen LogP contribution in [0.1, 0.15) is 15.9 Å². The highest BCUT2D eigenvalue weighted by molar-refractivity contribution is 6.11. The van der Waals surface area contributed by atoms with Crippen molar-refractivity contribution in [2.75, 3.05) is 36.0 Å². The van der Waals surface area contributed by atoms with Crippen LogP contribution < -0.4 is 9.80 Å². The van der Waals surface area contributed by atoms with E-state index < -0.39 is 6.04 Å². The van der Waals surface area contributed by atoms with Gasteiger partial charge in [-0.25, -0.2) is 4.39 Å². The molecule has 1 fully saturated rings. The molecule has 3 aromatic rings. The van der Waals surface area contributed by atoms with E-state index in [4.69, 9.17) is 0 Å². The molecular weight excluding hydrogens is 405 g/mol. The van der Waals surface area contributed by atoms with Gasteiger partial charge in [-0.2, -0.15) is 0 Å². The molecule has 1 atom stereocenters. The van der Waals surface area contributed by atoms with E-state index in [0.29, 0.717) is 38.2 Å². The number of carbonyl (C=O) groups excluding carboxylic acids is 2. The molecule has 0 saturated carbocycles. The van der Waals surface area contributed by atoms with Crippen LogP contribution >= 0.6 is 0 Å². The number of benzene rings is 3. The van der Waals surface area contributed by atoms with Crippen LogP contribution in [0.4, 0.5) is 15.8 Å². The topological polar surface area (TPSA) is 43.9 Å². The molecule has 32 heavy (non-hydrogen) atoms. The predicted octanol–water partition coefficient (Wildman–Crippen LogP) is 3.75. The molecule has 2 heterocycles. The summed E-state index contributed by atoms with van der Waals surface area (Å²) in [4.78, 5) is 32.6. The highest BCUT2D eigenvalue weighted by atomic mass is 19.1. The number of halogens is 1. The maximum Gasteiger partial charge on any atom is 0.259 e. The monoisotopic (exact) mass is 429 g/mol. The van der Waals surface area contributed by atoms with Crippen molar-refractivity contribution in [3.63, 3.8) is 0 Å². The lowest BCUT2D eigenvalue weighted by atomic mass is 10.1. The summed E-state index contributed by atoms with van der Waals surface area (Å²) in [5.74, 6) is -0.436. The van der Waals surface area contributed by atoms with Gasteiger partial charge in [0.2, 0.25) is 5.91 Å². The Morgan fingerprint density at radius 3 is 2.16 bits per heavy atom. The molecule has 0 aliphatic carbocycles. The second kappa shape index (κ2) is 8.46. The first-order valence-electron chi connectivity index (χ1n) is 10.9. The molecule has 2 aliphatic heterocycles. The number of hydrogen-bond donors (Lipinski definition) is 0. The number of fused-ring (bicyclic) bond motifs is 1. The van der Waals surface area contributed by atoms with Crippen LogP contribution in [-0.2, 0) is 11.2 Å². The molecular formula is C26H24FN3O2. The Morgan fingerprint density at radius 1 is 0.781 bits per heavy atom. The molecule has 0 bridgehead atoms. The van der Waals surface area contributed by atoms with Crippen LogP contribution in [0.5, 0.6) is 0 Å². The van der Waals surface area contributed by atoms with Gasteiger partial charge in [0.25, 0.3) is 5.91 Å². The standard InChI is InChI=1S/C26H24FN3O2/c27-21-10-12-22(13-11-21)28-14-16-29(17-15-28)26(32)24-18-20-8-4-5-9-23(20)30(24)25(31)19-6-2-1-3-7-19/h1-13,24H,14-18H2. The van der Waals surface area contributed by atoms with E-state index in [0.717, 1.165) is 16.9 Å². The molecule has 162 valence electrons. The van der Waals surface area contributed by atoms with Gasteiger partial charge in [0.15, 0.2) is 0 Å². The molecule has 2 aliphatic rings. The third kappa shape index (κ3) is 3.73. The summed E-state index contributed by atoms with van der Waals surface area (Å²) < 4.78 is 13.2. The fraction of sp³-hybridized carbons (Fsp3) is 0.231. The normalized spacial score (nSPS) is 17.9. The van der Waals surface area contributed by atoms with E-state index in [1.54, 1.807) is 29.2 Å². The summed E-state index contributed by atoms with van der Waals surface area (Å²) in [5.41, 5.74) is 3.35. The summed E-state index contributed by atoms with van der Waals surface area (Å²) in [6.45, 7) is 2.47. The van der Waals surface area contributed by atoms with Crippen molar-refractivity contribution in [3.05, 3.63) is 95.8 Å². The van der Waals surface area contributed by atoms with Gasteiger partial charge in [-0.15, -0.1) is 0 Å². The zero-order chi connectivity index (χ0) is 22.1. The number of rotatable bonds is 3. The molecule has 1 unspecified atom stereocenters. The Bertz CT molecular complexity index is 1130. The van der Waals surface area contributed by atoms with Crippen molar-refractivity contribution in [1.82, 2.24) is 4.90 Å². The Labute approximate surface area is 186 Å². The second-order valence-corrected chi connectivity index (χ2v) is 8.18. The van der Waals surface area contributed by atoms with Gasteiger partial charge in [0, 0.05) is 49.5 Å². The fourth-order valence-corrected chi connectivity index (χ4v) is 4.60. The Morgan fingerprint density at radius 2 is 1.44 bits per heavy atom. The third-order valence-electron chi connectivity index (χ3n) is 6.28. The van der Waals surface area contributed by atoms with Gasteiger partial charge >= 0.3 is 0 Å². The quantitative estimate of drug-likeness (QED) is 0.637. The molecule has 2 amide bonds. The smallest absolute Gasteiger partial charge is 0.259 e. The van der Waals surface area contributed by atoms with Crippen LogP contribution in [0, 0.1) is 5.82 Å². The minimum absolute atomic E-state index is 0.0239. The summed E-state index contributed by atoms with van der Waals surface area (Å²) in [6.07, 6.45) is 0.520. The van der Waals surface area contributed by atoms with Crippen molar-refractivity contribution in [2.45, 2.75) is 12.5 Å². The molecule has 1 saturated heterocycles. The maximum atomic E-state index is 13.6. The van der Waals surface area contributed by atoms with Gasteiger partial charge in [0.1, 0.15) is 11.9 Å². The zero-order valence-electron chi connectivity index (χ0n) is 17.7. The number of carbonyl (C=O) groups is 2. The van der Waals surface area contributed by atoms with Crippen molar-refractivity contribution in [2.24, 2.45) is 0 Å². The molecule has 0 spiro atoms. The minimum atomic E-state index is -0.544. The first kappa shape index (κ1) is 20.2. The van der Waals surface area contributed by atoms with Gasteiger partial charge in [-0.05, 0) is 48.0 Å². The van der Waals surface area contributed by atoms with Crippen molar-refractivity contribution in [3.8, 4) is 0 Å². The predicted molar refractivity (Wildman–Crippen MR) is 122 cm³/mol. The number of hydrogen-bond acceptors (Lipinski definition) is 3.